The number of benzene rings is 3. The van der Waals surface area contributed by atoms with E-state index in [0.29, 0.717) is 22.1 Å². The average molecular weight is 264 g/mol. The van der Waals surface area contributed by atoms with Crippen LogP contribution < -0.4 is 5.32 Å². The SMILES string of the molecule is O=Nc1c(Nc2ccccc2)cc(O)c2ccccc12. The van der Waals surface area contributed by atoms with Gasteiger partial charge in [0.15, 0.2) is 0 Å². The Morgan fingerprint density at radius 3 is 2.25 bits per heavy atom. The van der Waals surface area contributed by atoms with Crippen molar-refractivity contribution in [1.82, 2.24) is 0 Å². The first kappa shape index (κ1) is 12.2. The number of rotatable bonds is 3. The molecular weight excluding hydrogens is 252 g/mol. The Kier molecular flexibility index (Phi) is 3.05. The van der Waals surface area contributed by atoms with Crippen molar-refractivity contribution in [2.45, 2.75) is 0 Å². The summed E-state index contributed by atoms with van der Waals surface area (Å²) in [6, 6.07) is 18.1. The minimum atomic E-state index is 0.117. The second-order valence-electron chi connectivity index (χ2n) is 4.42. The number of nitrogens with zero attached hydrogens (tertiary/aromatic N) is 1. The zero-order valence-corrected chi connectivity index (χ0v) is 10.6. The number of nitroso groups, excluding NO2 is 1. The maximum atomic E-state index is 11.2. The molecule has 0 aromatic heterocycles. The molecule has 0 heterocycles. The topological polar surface area (TPSA) is 61.7 Å². The van der Waals surface area contributed by atoms with Crippen molar-refractivity contribution < 1.29 is 5.11 Å². The van der Waals surface area contributed by atoms with Gasteiger partial charge in [-0.3, -0.25) is 0 Å². The van der Waals surface area contributed by atoms with E-state index in [-0.39, 0.29) is 5.75 Å². The van der Waals surface area contributed by atoms with Crippen LogP contribution in [0.25, 0.3) is 10.8 Å². The lowest BCUT2D eigenvalue weighted by Crippen LogP contribution is -1.91. The van der Waals surface area contributed by atoms with E-state index in [1.807, 2.05) is 36.4 Å². The summed E-state index contributed by atoms with van der Waals surface area (Å²) in [7, 11) is 0. The van der Waals surface area contributed by atoms with Gasteiger partial charge in [0.05, 0.1) is 5.69 Å². The van der Waals surface area contributed by atoms with Gasteiger partial charge in [0.2, 0.25) is 0 Å². The lowest BCUT2D eigenvalue weighted by molar-refractivity contribution is 0.482. The standard InChI is InChI=1S/C16H12N2O2/c19-15-10-14(17-11-6-2-1-3-7-11)16(18-20)13-9-5-4-8-12(13)15/h1-10,17,19H. The summed E-state index contributed by atoms with van der Waals surface area (Å²) >= 11 is 0. The molecule has 0 atom stereocenters. The first-order valence-corrected chi connectivity index (χ1v) is 6.20. The number of phenolic OH excluding ortho intramolecular Hbond substituents is 1. The number of phenols is 1. The zero-order valence-electron chi connectivity index (χ0n) is 10.6. The van der Waals surface area contributed by atoms with Crippen LogP contribution in [0, 0.1) is 4.91 Å². The van der Waals surface area contributed by atoms with E-state index in [2.05, 4.69) is 10.5 Å². The molecule has 3 aromatic carbocycles. The molecule has 3 aromatic rings. The lowest BCUT2D eigenvalue weighted by atomic mass is 10.1. The highest BCUT2D eigenvalue weighted by atomic mass is 16.3. The van der Waals surface area contributed by atoms with E-state index in [0.717, 1.165) is 5.69 Å². The molecule has 0 saturated heterocycles. The van der Waals surface area contributed by atoms with Crippen LogP contribution in [0.15, 0.2) is 65.8 Å². The summed E-state index contributed by atoms with van der Waals surface area (Å²) in [4.78, 5) is 11.2. The van der Waals surface area contributed by atoms with Crippen molar-refractivity contribution in [2.24, 2.45) is 5.18 Å². The Labute approximate surface area is 115 Å². The third kappa shape index (κ3) is 2.07. The fourth-order valence-electron chi connectivity index (χ4n) is 2.21. The summed E-state index contributed by atoms with van der Waals surface area (Å²) in [5, 5.41) is 17.5. The number of aromatic hydroxyl groups is 1. The Bertz CT molecular complexity index is 770. The third-order valence-electron chi connectivity index (χ3n) is 3.14. The van der Waals surface area contributed by atoms with Gasteiger partial charge in [-0.05, 0) is 17.3 Å². The molecule has 20 heavy (non-hydrogen) atoms. The smallest absolute Gasteiger partial charge is 0.139 e. The molecule has 0 amide bonds. The van der Waals surface area contributed by atoms with Crippen LogP contribution in [0.4, 0.5) is 17.1 Å². The zero-order chi connectivity index (χ0) is 13.9. The van der Waals surface area contributed by atoms with Crippen LogP contribution in [0.5, 0.6) is 5.75 Å². The van der Waals surface area contributed by atoms with Crippen molar-refractivity contribution in [3.05, 3.63) is 65.6 Å². The molecule has 0 fully saturated rings. The number of para-hydroxylation sites is 1. The fourth-order valence-corrected chi connectivity index (χ4v) is 2.21. The lowest BCUT2D eigenvalue weighted by Gasteiger charge is -2.11. The van der Waals surface area contributed by atoms with Gasteiger partial charge in [-0.15, -0.1) is 4.91 Å². The van der Waals surface area contributed by atoms with Crippen LogP contribution in [-0.2, 0) is 0 Å². The van der Waals surface area contributed by atoms with Gasteiger partial charge in [-0.1, -0.05) is 42.5 Å². The van der Waals surface area contributed by atoms with E-state index in [1.54, 1.807) is 18.2 Å². The minimum Gasteiger partial charge on any atom is -0.507 e. The highest BCUT2D eigenvalue weighted by Gasteiger charge is 2.12. The molecule has 0 saturated carbocycles. The van der Waals surface area contributed by atoms with Gasteiger partial charge in [0.1, 0.15) is 11.4 Å². The van der Waals surface area contributed by atoms with Crippen molar-refractivity contribution in [2.75, 3.05) is 5.32 Å². The number of hydrogen-bond acceptors (Lipinski definition) is 4. The van der Waals surface area contributed by atoms with E-state index in [9.17, 15) is 10.0 Å². The van der Waals surface area contributed by atoms with Crippen LogP contribution in [0.1, 0.15) is 0 Å². The number of hydrogen-bond donors (Lipinski definition) is 2. The molecule has 3 rings (SSSR count). The van der Waals surface area contributed by atoms with Crippen LogP contribution in [-0.4, -0.2) is 5.11 Å². The van der Waals surface area contributed by atoms with Crippen LogP contribution >= 0.6 is 0 Å². The average Bonchev–Trinajstić information content (AvgIpc) is 2.49. The molecule has 0 radical (unpaired) electrons. The van der Waals surface area contributed by atoms with Crippen molar-refractivity contribution >= 4 is 27.8 Å². The van der Waals surface area contributed by atoms with Gasteiger partial charge in [-0.2, -0.15) is 0 Å². The van der Waals surface area contributed by atoms with Gasteiger partial charge in [-0.25, -0.2) is 0 Å². The molecule has 4 nitrogen and oxygen atoms in total. The Hall–Kier alpha value is -2.88. The summed E-state index contributed by atoms with van der Waals surface area (Å²) in [5.74, 6) is 0.117. The number of anilines is 2. The van der Waals surface area contributed by atoms with Gasteiger partial charge in [0.25, 0.3) is 0 Å². The largest absolute Gasteiger partial charge is 0.507 e. The van der Waals surface area contributed by atoms with Gasteiger partial charge in [0, 0.05) is 22.5 Å². The molecule has 2 N–H and O–H groups in total. The van der Waals surface area contributed by atoms with E-state index in [1.165, 1.54) is 6.07 Å². The highest BCUT2D eigenvalue weighted by Crippen LogP contribution is 2.40. The van der Waals surface area contributed by atoms with E-state index >= 15 is 0 Å². The van der Waals surface area contributed by atoms with Crippen LogP contribution in [0.3, 0.4) is 0 Å². The number of nitrogens with one attached hydrogen (secondary N) is 1. The maximum Gasteiger partial charge on any atom is 0.139 e. The van der Waals surface area contributed by atoms with E-state index < -0.39 is 0 Å². The quantitative estimate of drug-likeness (QED) is 0.675. The first-order valence-electron chi connectivity index (χ1n) is 6.20. The fraction of sp³-hybridized carbons (Fsp3) is 0. The summed E-state index contributed by atoms with van der Waals surface area (Å²) < 4.78 is 0. The molecule has 0 unspecified atom stereocenters. The van der Waals surface area contributed by atoms with Crippen molar-refractivity contribution in [1.29, 1.82) is 0 Å². The summed E-state index contributed by atoms with van der Waals surface area (Å²) in [6.07, 6.45) is 0. The molecule has 0 aliphatic heterocycles. The Morgan fingerprint density at radius 1 is 0.900 bits per heavy atom. The normalized spacial score (nSPS) is 10.4. The molecule has 98 valence electrons. The predicted octanol–water partition coefficient (Wildman–Crippen LogP) is 4.69. The van der Waals surface area contributed by atoms with Crippen LogP contribution in [0.2, 0.25) is 0 Å². The van der Waals surface area contributed by atoms with Crippen molar-refractivity contribution in [3.63, 3.8) is 0 Å². The van der Waals surface area contributed by atoms with Gasteiger partial charge >= 0.3 is 0 Å². The van der Waals surface area contributed by atoms with E-state index in [4.69, 9.17) is 0 Å². The molecule has 0 spiro atoms. The molecular formula is C16H12N2O2. The Balaban J connectivity index is 2.18. The Morgan fingerprint density at radius 2 is 1.55 bits per heavy atom. The second-order valence-corrected chi connectivity index (χ2v) is 4.42. The predicted molar refractivity (Wildman–Crippen MR) is 80.8 cm³/mol. The molecule has 4 heteroatoms. The van der Waals surface area contributed by atoms with Gasteiger partial charge < -0.3 is 10.4 Å². The summed E-state index contributed by atoms with van der Waals surface area (Å²) in [6.45, 7) is 0. The summed E-state index contributed by atoms with van der Waals surface area (Å²) in [5.41, 5.74) is 1.61. The minimum absolute atomic E-state index is 0.117. The molecule has 0 aliphatic carbocycles. The highest BCUT2D eigenvalue weighted by molar-refractivity contribution is 6.02. The third-order valence-corrected chi connectivity index (χ3v) is 3.14. The maximum absolute atomic E-state index is 11.2. The first-order chi connectivity index (χ1) is 9.79. The molecule has 0 aliphatic rings. The number of fused-ring (bicyclic) bond motifs is 1. The second kappa shape index (κ2) is 5.01. The monoisotopic (exact) mass is 264 g/mol. The van der Waals surface area contributed by atoms with Crippen molar-refractivity contribution in [3.8, 4) is 5.75 Å². The molecule has 0 bridgehead atoms.